The van der Waals surface area contributed by atoms with Gasteiger partial charge < -0.3 is 193 Å². The predicted molar refractivity (Wildman–Crippen MR) is 425 cm³/mol. The molecule has 46 nitrogen and oxygen atoms in total. The third-order valence-corrected chi connectivity index (χ3v) is 28.8. The molecule has 123 heavy (non-hydrogen) atoms. The van der Waals surface area contributed by atoms with Crippen molar-refractivity contribution in [3.63, 3.8) is 0 Å². The van der Waals surface area contributed by atoms with Crippen LogP contribution in [0.5, 0.6) is 0 Å². The van der Waals surface area contributed by atoms with Crippen LogP contribution in [0.3, 0.4) is 0 Å². The first-order valence-electron chi connectivity index (χ1n) is 38.9. The first kappa shape index (κ1) is 105. The molecule has 0 aliphatic carbocycles. The fourth-order valence-electron chi connectivity index (χ4n) is 14.3. The van der Waals surface area contributed by atoms with E-state index < -0.39 is 332 Å². The smallest absolute Gasteiger partial charge is 0.304 e. The van der Waals surface area contributed by atoms with Crippen molar-refractivity contribution in [2.24, 2.45) is 0 Å². The zero-order valence-corrected chi connectivity index (χ0v) is 72.4. The summed E-state index contributed by atoms with van der Waals surface area (Å²) in [5.74, 6) is -12.1. The van der Waals surface area contributed by atoms with Gasteiger partial charge in [0.1, 0.15) is 146 Å². The van der Waals surface area contributed by atoms with Gasteiger partial charge in [-0.3, -0.25) is 33.6 Å². The van der Waals surface area contributed by atoms with Gasteiger partial charge in [-0.15, -0.1) is 0 Å². The molecule has 30 aliphatic rings. The normalized spacial score (nSPS) is 42.7. The molecule has 23 N–H and O–H groups in total. The summed E-state index contributed by atoms with van der Waals surface area (Å²) >= 11 is 9.56. The number of hydrogen-bond donors (Lipinski definition) is 23. The maximum absolute atomic E-state index is 12.3. The van der Waals surface area contributed by atoms with Gasteiger partial charge in [-0.2, -0.15) is 82.3 Å². The summed E-state index contributed by atoms with van der Waals surface area (Å²) in [6, 6.07) is 0. The summed E-state index contributed by atoms with van der Waals surface area (Å²) in [4.78, 5) is 82.2. The minimum atomic E-state index is -2.31. The topological polar surface area (TPSA) is 732 Å². The van der Waals surface area contributed by atoms with E-state index in [1.54, 1.807) is 0 Å². The Morgan fingerprint density at radius 1 is 0.187 bits per heavy atom. The second-order valence-corrected chi connectivity index (χ2v) is 38.4. The van der Waals surface area contributed by atoms with Crippen LogP contribution in [0.4, 0.5) is 0 Å². The second-order valence-electron chi connectivity index (χ2n) is 29.7. The number of carbonyl (C=O) groups is 7. The van der Waals surface area contributed by atoms with E-state index in [2.05, 4.69) is 15.9 Å². The van der Waals surface area contributed by atoms with Gasteiger partial charge in [0.25, 0.3) is 0 Å². The van der Waals surface area contributed by atoms with Crippen molar-refractivity contribution in [1.29, 1.82) is 0 Å². The molecule has 0 radical (unpaired) electrons. The quantitative estimate of drug-likeness (QED) is 0.0205. The van der Waals surface area contributed by atoms with Gasteiger partial charge in [0.05, 0.1) is 93.8 Å². The van der Waals surface area contributed by atoms with Gasteiger partial charge in [-0.05, 0) is 0 Å². The van der Waals surface area contributed by atoms with E-state index in [9.17, 15) is 151 Å². The molecule has 30 heterocycles. The highest BCUT2D eigenvalue weighted by atomic mass is 79.9. The number of carboxylic acids is 7. The van der Waals surface area contributed by atoms with Crippen LogP contribution in [0.15, 0.2) is 0 Å². The molecule has 0 amide bonds. The Labute approximate surface area is 738 Å². The number of ether oxygens (including phenoxy) is 16. The summed E-state index contributed by atoms with van der Waals surface area (Å²) in [6.45, 7) is 0. The summed E-state index contributed by atoms with van der Waals surface area (Å²) in [5.41, 5.74) is 0. The molecule has 0 spiro atoms. The number of aliphatic carboxylic acids is 7. The SMILES string of the molecule is O=C(O)CCSC[C@H]1O[C@@H]2O[C@H]3[C@H](O)[C@@H](O)[C@@H](O[C@H]4[C@H](O)[C@@H](O)[C@@H](O[C@H]5[C@H](O)[C@@H](O)[C@@H](O[C@H]6[C@H](O)[C@@H](O)[C@@H](O[C@H]7[C@H](O)[C@@H](O)[C@@H](O[C@H]8[C@H](O)[C@@H](O)[C@@H](O[C@H]9[C@H](O)[C@@H](O)[C@@H](O[C@H]1[C@H](O)[C@H]2O)O[C@@H]9CBr)O[C@@H]8CSCCC(=O)O)O[C@@H]7CSCCC(=O)O)O[C@@H]6CSCCC(=O)O)O[C@@H]5CSCCC(=O)O)O[C@@H]4CSCCC(=O)O)O[C@@H]3CSCCC(=O)O. The third kappa shape index (κ3) is 28.7. The minimum absolute atomic E-state index is 0.121. The first-order chi connectivity index (χ1) is 58.4. The van der Waals surface area contributed by atoms with E-state index in [4.69, 9.17) is 75.8 Å². The molecule has 0 unspecified atom stereocenters. The van der Waals surface area contributed by atoms with E-state index in [0.29, 0.717) is 0 Å². The van der Waals surface area contributed by atoms with E-state index in [1.165, 1.54) is 0 Å². The van der Waals surface area contributed by atoms with E-state index in [0.717, 1.165) is 82.3 Å². The van der Waals surface area contributed by atoms with Crippen molar-refractivity contribution < 1.29 is 227 Å². The number of halogens is 1. The zero-order valence-electron chi connectivity index (χ0n) is 65.1. The Kier molecular flexibility index (Phi) is 42.7. The number of alkyl halides is 1. The van der Waals surface area contributed by atoms with Gasteiger partial charge in [0, 0.05) is 85.9 Å². The summed E-state index contributed by atoms with van der Waals surface area (Å²) in [6.07, 6.45) is -83.5. The van der Waals surface area contributed by atoms with Crippen LogP contribution in [-0.2, 0) is 109 Å². The molecule has 16 bridgehead atoms. The molecular formula is C69H107BrO46S7. The Morgan fingerprint density at radius 3 is 0.415 bits per heavy atom. The Morgan fingerprint density at radius 2 is 0.301 bits per heavy atom. The lowest BCUT2D eigenvalue weighted by atomic mass is 9.95. The molecule has 30 rings (SSSR count). The highest BCUT2D eigenvalue weighted by Gasteiger charge is 2.61. The fourth-order valence-corrected chi connectivity index (χ4v) is 21.7. The van der Waals surface area contributed by atoms with Crippen LogP contribution in [-0.4, -0.2) is 491 Å². The average molecular weight is 1980 g/mol. The second kappa shape index (κ2) is 50.1. The average Bonchev–Trinajstić information content (AvgIpc) is 0.781. The van der Waals surface area contributed by atoms with Crippen molar-refractivity contribution in [3.05, 3.63) is 0 Å². The minimum Gasteiger partial charge on any atom is -0.481 e. The molecule has 54 heteroatoms. The molecule has 0 saturated carbocycles. The maximum Gasteiger partial charge on any atom is 0.304 e. The number of aliphatic hydroxyl groups excluding tert-OH is 16. The van der Waals surface area contributed by atoms with Gasteiger partial charge >= 0.3 is 41.8 Å². The molecule has 30 aliphatic heterocycles. The molecule has 30 saturated heterocycles. The molecule has 0 aromatic rings. The van der Waals surface area contributed by atoms with Crippen molar-refractivity contribution in [2.75, 3.05) is 85.9 Å². The summed E-state index contributed by atoms with van der Waals surface area (Å²) in [5, 5.41) is 261. The van der Waals surface area contributed by atoms with Gasteiger partial charge in [0.15, 0.2) is 50.3 Å². The molecule has 0 aromatic heterocycles. The highest BCUT2D eigenvalue weighted by molar-refractivity contribution is 9.09. The van der Waals surface area contributed by atoms with Crippen LogP contribution in [0, 0.1) is 0 Å². The number of rotatable bonds is 36. The van der Waals surface area contributed by atoms with E-state index in [1.807, 2.05) is 0 Å². The molecule has 708 valence electrons. The summed E-state index contributed by atoms with van der Waals surface area (Å²) in [7, 11) is 0. The van der Waals surface area contributed by atoms with Gasteiger partial charge in [-0.1, -0.05) is 15.9 Å². The van der Waals surface area contributed by atoms with Crippen molar-refractivity contribution in [2.45, 2.75) is 291 Å². The standard InChI is InChI=1S/C69H107BrO46S7/c70-15-23-54-38(85)46(93)62(101-23)110-55-24(16-117-8-1-31(71)72)103-64(48(95)40(55)87)112-57-26(18-119-10-3-33(75)76)105-66(50(97)42(57)89)114-59-28(20-121-12-5-35(79)80)107-68(52(99)44(59)91)116-61-30(22-123-14-7-37(83)84)108-69(53(100)45(61)92)115-60-29(21-122-13-6-36(81)82)106-67(51(98)43(60)90)113-58-27(19-120-11-4-34(77)78)104-65(49(96)41(58)88)111-56-25(17-118-9-2-32(73)74)102-63(109-54)47(94)39(56)86/h23-30,38-69,85-100H,1-22H2,(H,71,72)(H,73,74)(H,75,76)(H,77,78)(H,79,80)(H,81,82)(H,83,84)/t23-,24-,25-,26-,27-,28-,29-,30-,38-,39-,40-,41-,42-,43-,44-,45-,46-,47-,48-,49-,50-,51-,52-,53-,54-,55-,56-,57-,58-,59-,60-,61-,62-,63-,64-,65-,66-,67-,68-,69-/m1/s1. The highest BCUT2D eigenvalue weighted by Crippen LogP contribution is 2.43. The van der Waals surface area contributed by atoms with Crippen LogP contribution >= 0.6 is 98.3 Å². The lowest BCUT2D eigenvalue weighted by molar-refractivity contribution is -0.396. The Balaban J connectivity index is 1.10. The lowest BCUT2D eigenvalue weighted by Gasteiger charge is -2.51. The lowest BCUT2D eigenvalue weighted by Crippen LogP contribution is -2.69. The molecular weight excluding hydrogens is 1870 g/mol. The van der Waals surface area contributed by atoms with Crippen LogP contribution in [0.25, 0.3) is 0 Å². The third-order valence-electron chi connectivity index (χ3n) is 20.8. The van der Waals surface area contributed by atoms with Gasteiger partial charge in [-0.25, -0.2) is 0 Å². The van der Waals surface area contributed by atoms with Crippen LogP contribution in [0.2, 0.25) is 0 Å². The predicted octanol–water partition coefficient (Wildman–Crippen LogP) is -7.49. The van der Waals surface area contributed by atoms with Crippen LogP contribution in [0.1, 0.15) is 44.9 Å². The largest absolute Gasteiger partial charge is 0.481 e. The first-order valence-corrected chi connectivity index (χ1v) is 48.1. The maximum atomic E-state index is 12.3. The number of aliphatic hydroxyl groups is 16. The van der Waals surface area contributed by atoms with Crippen molar-refractivity contribution in [3.8, 4) is 0 Å². The number of thioether (sulfide) groups is 7. The van der Waals surface area contributed by atoms with Gasteiger partial charge in [0.2, 0.25) is 0 Å². The number of carboxylic acid groups (broad SMARTS) is 7. The number of hydrogen-bond acceptors (Lipinski definition) is 46. The fraction of sp³-hybridized carbons (Fsp3) is 0.899. The van der Waals surface area contributed by atoms with E-state index >= 15 is 0 Å². The van der Waals surface area contributed by atoms with Crippen molar-refractivity contribution >= 4 is 140 Å². The molecule has 0 aromatic carbocycles. The molecule has 30 fully saturated rings. The van der Waals surface area contributed by atoms with Crippen LogP contribution < -0.4 is 0 Å². The molecule has 40 atom stereocenters. The Hall–Kier alpha value is -2.06. The van der Waals surface area contributed by atoms with Crippen molar-refractivity contribution in [1.82, 2.24) is 0 Å². The monoisotopic (exact) mass is 1970 g/mol. The van der Waals surface area contributed by atoms with E-state index in [-0.39, 0.29) is 85.9 Å². The Bertz CT molecular complexity index is 3170. The summed E-state index contributed by atoms with van der Waals surface area (Å²) < 4.78 is 99.8. The zero-order chi connectivity index (χ0) is 90.0.